The molecule has 0 bridgehead atoms. The summed E-state index contributed by atoms with van der Waals surface area (Å²) in [6.07, 6.45) is 0.776. The Kier molecular flexibility index (Phi) is 5.20. The third kappa shape index (κ3) is 3.83. The van der Waals surface area contributed by atoms with Gasteiger partial charge in [-0.1, -0.05) is 103 Å². The van der Waals surface area contributed by atoms with Crippen LogP contribution in [-0.2, 0) is 0 Å². The molecule has 0 saturated carbocycles. The van der Waals surface area contributed by atoms with Crippen LogP contribution in [0.15, 0.2) is 142 Å². The first-order valence-electron chi connectivity index (χ1n) is 13.5. The van der Waals surface area contributed by atoms with E-state index in [4.69, 9.17) is 19.4 Å². The van der Waals surface area contributed by atoms with Crippen molar-refractivity contribution in [1.29, 1.82) is 0 Å². The van der Waals surface area contributed by atoms with Crippen molar-refractivity contribution in [2.45, 2.75) is 12.5 Å². The van der Waals surface area contributed by atoms with Crippen molar-refractivity contribution in [3.63, 3.8) is 0 Å². The number of aromatic nitrogens is 2. The van der Waals surface area contributed by atoms with Crippen LogP contribution in [0, 0.1) is 0 Å². The van der Waals surface area contributed by atoms with Crippen LogP contribution in [0.4, 0.5) is 0 Å². The summed E-state index contributed by atoms with van der Waals surface area (Å²) in [7, 11) is 0. The lowest BCUT2D eigenvalue weighted by Gasteiger charge is -2.21. The van der Waals surface area contributed by atoms with Gasteiger partial charge in [0.1, 0.15) is 0 Å². The molecule has 1 aliphatic heterocycles. The second-order valence-electron chi connectivity index (χ2n) is 10.1. The second kappa shape index (κ2) is 9.17. The van der Waals surface area contributed by atoms with E-state index in [1.165, 1.54) is 5.56 Å². The summed E-state index contributed by atoms with van der Waals surface area (Å²) in [5, 5.41) is 0. The highest BCUT2D eigenvalue weighted by atomic mass is 16.4. The van der Waals surface area contributed by atoms with Crippen molar-refractivity contribution in [2.75, 3.05) is 0 Å². The Labute approximate surface area is 230 Å². The Morgan fingerprint density at radius 1 is 0.625 bits per heavy atom. The highest BCUT2D eigenvalue weighted by Gasteiger charge is 2.22. The molecule has 1 atom stereocenters. The standard InChI is InChI=1S/C35H24N4O/c1-3-9-24(10-4-1)29-22-30(25-11-5-2-6-12-25)37-34(36-29)26-17-15-23(16-18-26)27-19-20-28-32(21-27)39-31-13-7-8-14-33(31)40-35(39)38-28/h1-21,29H,22H2. The fourth-order valence-corrected chi connectivity index (χ4v) is 5.57. The molecule has 0 amide bonds. The number of nitrogens with zero attached hydrogens (tertiary/aromatic N) is 4. The minimum atomic E-state index is 0.0278. The normalized spacial score (nSPS) is 15.4. The van der Waals surface area contributed by atoms with Crippen molar-refractivity contribution in [2.24, 2.45) is 9.98 Å². The first-order chi connectivity index (χ1) is 19.8. The minimum Gasteiger partial charge on any atom is -0.423 e. The zero-order valence-electron chi connectivity index (χ0n) is 21.6. The van der Waals surface area contributed by atoms with Crippen molar-refractivity contribution in [1.82, 2.24) is 9.38 Å². The van der Waals surface area contributed by atoms with Gasteiger partial charge >= 0.3 is 5.84 Å². The number of hydrogen-bond donors (Lipinski definition) is 0. The molecule has 5 nitrogen and oxygen atoms in total. The van der Waals surface area contributed by atoms with Gasteiger partial charge in [-0.05, 0) is 46.5 Å². The Hall–Kier alpha value is -5.29. The topological polar surface area (TPSA) is 55.2 Å². The molecule has 0 fully saturated rings. The molecule has 5 aromatic carbocycles. The molecule has 0 aliphatic carbocycles. The van der Waals surface area contributed by atoms with Crippen LogP contribution in [0.3, 0.4) is 0 Å². The van der Waals surface area contributed by atoms with Gasteiger partial charge in [-0.15, -0.1) is 0 Å². The quantitative estimate of drug-likeness (QED) is 0.236. The maximum absolute atomic E-state index is 5.97. The van der Waals surface area contributed by atoms with Crippen LogP contribution in [0.5, 0.6) is 0 Å². The molecule has 7 aromatic rings. The van der Waals surface area contributed by atoms with E-state index in [-0.39, 0.29) is 6.04 Å². The van der Waals surface area contributed by atoms with Gasteiger partial charge in [0.05, 0.1) is 28.3 Å². The molecule has 3 heterocycles. The lowest BCUT2D eigenvalue weighted by molar-refractivity contribution is 0.643. The van der Waals surface area contributed by atoms with Crippen molar-refractivity contribution < 1.29 is 4.42 Å². The van der Waals surface area contributed by atoms with Gasteiger partial charge in [0.15, 0.2) is 11.4 Å². The molecule has 0 spiro atoms. The number of oxazole rings is 1. The predicted octanol–water partition coefficient (Wildman–Crippen LogP) is 8.28. The van der Waals surface area contributed by atoms with E-state index in [0.717, 1.165) is 62.4 Å². The SMILES string of the molecule is c1ccc(C2=NC(c3ccc(-c4ccc5nc6oc7ccccc7n6c5c4)cc3)=NC(c3ccccc3)C2)cc1. The lowest BCUT2D eigenvalue weighted by atomic mass is 9.95. The summed E-state index contributed by atoms with van der Waals surface area (Å²) in [6, 6.07) is 43.9. The largest absolute Gasteiger partial charge is 0.423 e. The number of amidine groups is 1. The number of benzene rings is 5. The van der Waals surface area contributed by atoms with Crippen molar-refractivity contribution >= 4 is 39.5 Å². The van der Waals surface area contributed by atoms with Gasteiger partial charge in [0.2, 0.25) is 0 Å². The molecule has 0 saturated heterocycles. The molecular formula is C35H24N4O. The Morgan fingerprint density at radius 2 is 1.32 bits per heavy atom. The zero-order chi connectivity index (χ0) is 26.5. The molecule has 8 rings (SSSR count). The minimum absolute atomic E-state index is 0.0278. The van der Waals surface area contributed by atoms with Gasteiger partial charge in [-0.25, -0.2) is 4.99 Å². The summed E-state index contributed by atoms with van der Waals surface area (Å²) in [5.74, 6) is 1.38. The number of aliphatic imine (C=N–C) groups is 2. The van der Waals surface area contributed by atoms with E-state index in [1.807, 2.05) is 30.3 Å². The molecule has 0 N–H and O–H groups in total. The number of para-hydroxylation sites is 2. The summed E-state index contributed by atoms with van der Waals surface area (Å²) in [6.45, 7) is 0. The van der Waals surface area contributed by atoms with Gasteiger partial charge in [0.25, 0.3) is 0 Å². The van der Waals surface area contributed by atoms with Crippen LogP contribution in [-0.4, -0.2) is 20.9 Å². The molecule has 0 radical (unpaired) electrons. The number of imidazole rings is 1. The Bertz CT molecular complexity index is 2070. The van der Waals surface area contributed by atoms with Gasteiger partial charge in [-0.3, -0.25) is 9.39 Å². The van der Waals surface area contributed by atoms with Gasteiger partial charge in [0, 0.05) is 12.0 Å². The fourth-order valence-electron chi connectivity index (χ4n) is 5.57. The average Bonchev–Trinajstić information content (AvgIpc) is 3.57. The Morgan fingerprint density at radius 3 is 2.15 bits per heavy atom. The highest BCUT2D eigenvalue weighted by molar-refractivity contribution is 6.14. The van der Waals surface area contributed by atoms with Gasteiger partial charge < -0.3 is 4.42 Å². The van der Waals surface area contributed by atoms with E-state index in [2.05, 4.69) is 101 Å². The molecule has 1 aliphatic rings. The van der Waals surface area contributed by atoms with E-state index >= 15 is 0 Å². The fraction of sp³-hybridized carbons (Fsp3) is 0.0571. The summed E-state index contributed by atoms with van der Waals surface area (Å²) < 4.78 is 8.06. The second-order valence-corrected chi connectivity index (χ2v) is 10.1. The van der Waals surface area contributed by atoms with E-state index < -0.39 is 0 Å². The maximum atomic E-state index is 5.97. The van der Waals surface area contributed by atoms with Crippen LogP contribution in [0.2, 0.25) is 0 Å². The van der Waals surface area contributed by atoms with Crippen LogP contribution in [0.1, 0.15) is 29.2 Å². The molecule has 40 heavy (non-hydrogen) atoms. The summed E-state index contributed by atoms with van der Waals surface area (Å²) in [5.41, 5.74) is 10.4. The van der Waals surface area contributed by atoms with Crippen molar-refractivity contribution in [3.8, 4) is 11.1 Å². The lowest BCUT2D eigenvalue weighted by Crippen LogP contribution is -2.17. The van der Waals surface area contributed by atoms with Gasteiger partial charge in [-0.2, -0.15) is 4.98 Å². The smallest absolute Gasteiger partial charge is 0.307 e. The third-order valence-corrected chi connectivity index (χ3v) is 7.60. The molecule has 5 heteroatoms. The third-order valence-electron chi connectivity index (χ3n) is 7.60. The first kappa shape index (κ1) is 22.7. The molecule has 1 unspecified atom stereocenters. The average molecular weight is 517 g/mol. The summed E-state index contributed by atoms with van der Waals surface area (Å²) in [4.78, 5) is 14.8. The monoisotopic (exact) mass is 516 g/mol. The number of hydrogen-bond acceptors (Lipinski definition) is 4. The molecule has 2 aromatic heterocycles. The van der Waals surface area contributed by atoms with Crippen LogP contribution >= 0.6 is 0 Å². The summed E-state index contributed by atoms with van der Waals surface area (Å²) >= 11 is 0. The highest BCUT2D eigenvalue weighted by Crippen LogP contribution is 2.31. The van der Waals surface area contributed by atoms with E-state index in [1.54, 1.807) is 0 Å². The van der Waals surface area contributed by atoms with Crippen LogP contribution < -0.4 is 0 Å². The van der Waals surface area contributed by atoms with E-state index in [9.17, 15) is 0 Å². The zero-order valence-corrected chi connectivity index (χ0v) is 21.6. The number of rotatable bonds is 4. The van der Waals surface area contributed by atoms with Crippen LogP contribution in [0.25, 0.3) is 39.1 Å². The van der Waals surface area contributed by atoms with Crippen molar-refractivity contribution in [3.05, 3.63) is 144 Å². The predicted molar refractivity (Wildman–Crippen MR) is 161 cm³/mol. The molecule has 190 valence electrons. The van der Waals surface area contributed by atoms with E-state index in [0.29, 0.717) is 5.84 Å². The first-order valence-corrected chi connectivity index (χ1v) is 13.5. The Balaban J connectivity index is 1.18. The molecular weight excluding hydrogens is 492 g/mol. The maximum Gasteiger partial charge on any atom is 0.307 e. The number of fused-ring (bicyclic) bond motifs is 5.